The molecule has 0 bridgehead atoms. The highest BCUT2D eigenvalue weighted by Gasteiger charge is 2.13. The highest BCUT2D eigenvalue weighted by atomic mass is 35.5. The lowest BCUT2D eigenvalue weighted by atomic mass is 10.1. The van der Waals surface area contributed by atoms with Crippen LogP contribution in [0.3, 0.4) is 0 Å². The van der Waals surface area contributed by atoms with Gasteiger partial charge in [-0.1, -0.05) is 53.5 Å². The zero-order chi connectivity index (χ0) is 16.8. The molecular weight excluding hydrogens is 335 g/mol. The molecule has 0 aliphatic heterocycles. The summed E-state index contributed by atoms with van der Waals surface area (Å²) >= 11 is 11.7. The maximum Gasteiger partial charge on any atom is 0.233 e. The molecule has 1 unspecified atom stereocenters. The third-order valence-corrected chi connectivity index (χ3v) is 3.58. The van der Waals surface area contributed by atoms with Crippen molar-refractivity contribution in [2.45, 2.75) is 19.4 Å². The van der Waals surface area contributed by atoms with Crippen LogP contribution in [-0.4, -0.2) is 11.8 Å². The molecular formula is C17H16Cl2N2O2. The third-order valence-electron chi connectivity index (χ3n) is 3.14. The summed E-state index contributed by atoms with van der Waals surface area (Å²) in [5.74, 6) is -0.784. The van der Waals surface area contributed by atoms with Gasteiger partial charge in [0.25, 0.3) is 0 Å². The molecule has 0 saturated heterocycles. The average molecular weight is 351 g/mol. The fourth-order valence-corrected chi connectivity index (χ4v) is 2.62. The Labute approximate surface area is 144 Å². The lowest BCUT2D eigenvalue weighted by Gasteiger charge is -2.14. The van der Waals surface area contributed by atoms with Crippen LogP contribution < -0.4 is 10.6 Å². The van der Waals surface area contributed by atoms with Gasteiger partial charge in [-0.2, -0.15) is 0 Å². The molecule has 0 saturated carbocycles. The van der Waals surface area contributed by atoms with Crippen LogP contribution in [0.25, 0.3) is 0 Å². The Morgan fingerprint density at radius 3 is 2.22 bits per heavy atom. The van der Waals surface area contributed by atoms with E-state index < -0.39 is 5.91 Å². The van der Waals surface area contributed by atoms with Gasteiger partial charge in [-0.25, -0.2) is 0 Å². The van der Waals surface area contributed by atoms with Crippen molar-refractivity contribution in [3.05, 3.63) is 64.1 Å². The molecule has 0 heterocycles. The van der Waals surface area contributed by atoms with Crippen molar-refractivity contribution in [2.75, 3.05) is 5.32 Å². The van der Waals surface area contributed by atoms with E-state index in [-0.39, 0.29) is 18.4 Å². The van der Waals surface area contributed by atoms with Crippen molar-refractivity contribution < 1.29 is 9.59 Å². The van der Waals surface area contributed by atoms with Gasteiger partial charge in [-0.05, 0) is 30.7 Å². The van der Waals surface area contributed by atoms with Crippen molar-refractivity contribution in [1.29, 1.82) is 0 Å². The quantitative estimate of drug-likeness (QED) is 0.794. The van der Waals surface area contributed by atoms with E-state index >= 15 is 0 Å². The van der Waals surface area contributed by atoms with Crippen LogP contribution in [0.15, 0.2) is 48.5 Å². The molecule has 2 aromatic rings. The minimum absolute atomic E-state index is 0.169. The van der Waals surface area contributed by atoms with E-state index in [1.54, 1.807) is 18.2 Å². The SMILES string of the molecule is CC(NC(=O)CC(=O)Nc1cc(Cl)cc(Cl)c1)c1ccccc1. The molecule has 0 spiro atoms. The predicted molar refractivity (Wildman–Crippen MR) is 92.7 cm³/mol. The van der Waals surface area contributed by atoms with E-state index in [1.165, 1.54) is 0 Å². The first-order chi connectivity index (χ1) is 10.9. The van der Waals surface area contributed by atoms with Crippen molar-refractivity contribution in [1.82, 2.24) is 5.32 Å². The second kappa shape index (κ2) is 7.99. The average Bonchev–Trinajstić information content (AvgIpc) is 2.46. The molecule has 1 atom stereocenters. The Balaban J connectivity index is 1.88. The summed E-state index contributed by atoms with van der Waals surface area (Å²) in [7, 11) is 0. The Hall–Kier alpha value is -2.04. The topological polar surface area (TPSA) is 58.2 Å². The van der Waals surface area contributed by atoms with Gasteiger partial charge in [0.15, 0.2) is 0 Å². The number of anilines is 1. The molecule has 2 rings (SSSR count). The van der Waals surface area contributed by atoms with Crippen LogP contribution in [0.4, 0.5) is 5.69 Å². The molecule has 0 aliphatic rings. The maximum atomic E-state index is 11.9. The molecule has 2 N–H and O–H groups in total. The van der Waals surface area contributed by atoms with Gasteiger partial charge < -0.3 is 10.6 Å². The number of hydrogen-bond donors (Lipinski definition) is 2. The van der Waals surface area contributed by atoms with Gasteiger partial charge in [0.05, 0.1) is 6.04 Å². The van der Waals surface area contributed by atoms with Crippen LogP contribution in [0, 0.1) is 0 Å². The van der Waals surface area contributed by atoms with Crippen LogP contribution in [0.2, 0.25) is 10.0 Å². The number of hydrogen-bond acceptors (Lipinski definition) is 2. The first-order valence-electron chi connectivity index (χ1n) is 7.04. The van der Waals surface area contributed by atoms with E-state index in [0.717, 1.165) is 5.56 Å². The summed E-state index contributed by atoms with van der Waals surface area (Å²) in [6.45, 7) is 1.86. The minimum atomic E-state index is -0.430. The van der Waals surface area contributed by atoms with E-state index in [0.29, 0.717) is 15.7 Å². The molecule has 2 amide bonds. The van der Waals surface area contributed by atoms with Crippen LogP contribution in [0.1, 0.15) is 24.9 Å². The highest BCUT2D eigenvalue weighted by Crippen LogP contribution is 2.22. The standard InChI is InChI=1S/C17H16Cl2N2O2/c1-11(12-5-3-2-4-6-12)20-16(22)10-17(23)21-15-8-13(18)7-14(19)9-15/h2-9,11H,10H2,1H3,(H,20,22)(H,21,23). The summed E-state index contributed by atoms with van der Waals surface area (Å²) < 4.78 is 0. The number of benzene rings is 2. The Morgan fingerprint density at radius 2 is 1.61 bits per heavy atom. The van der Waals surface area contributed by atoms with Crippen molar-refractivity contribution >= 4 is 40.7 Å². The Morgan fingerprint density at radius 1 is 1.00 bits per heavy atom. The van der Waals surface area contributed by atoms with E-state index in [4.69, 9.17) is 23.2 Å². The fourth-order valence-electron chi connectivity index (χ4n) is 2.09. The first-order valence-corrected chi connectivity index (χ1v) is 7.80. The van der Waals surface area contributed by atoms with Crippen LogP contribution >= 0.6 is 23.2 Å². The van der Waals surface area contributed by atoms with Crippen LogP contribution in [-0.2, 0) is 9.59 Å². The second-order valence-electron chi connectivity index (χ2n) is 5.08. The third kappa shape index (κ3) is 5.58. The van der Waals surface area contributed by atoms with E-state index in [9.17, 15) is 9.59 Å². The van der Waals surface area contributed by atoms with Gasteiger partial charge >= 0.3 is 0 Å². The van der Waals surface area contributed by atoms with Gasteiger partial charge in [0.1, 0.15) is 6.42 Å². The van der Waals surface area contributed by atoms with Crippen molar-refractivity contribution in [3.8, 4) is 0 Å². The molecule has 0 fully saturated rings. The van der Waals surface area contributed by atoms with Gasteiger partial charge in [-0.15, -0.1) is 0 Å². The molecule has 0 aliphatic carbocycles. The molecule has 0 aromatic heterocycles. The number of nitrogens with one attached hydrogen (secondary N) is 2. The Bertz CT molecular complexity index is 685. The van der Waals surface area contributed by atoms with E-state index in [2.05, 4.69) is 10.6 Å². The van der Waals surface area contributed by atoms with Gasteiger partial charge in [0.2, 0.25) is 11.8 Å². The lowest BCUT2D eigenvalue weighted by Crippen LogP contribution is -2.30. The molecule has 6 heteroatoms. The monoisotopic (exact) mass is 350 g/mol. The normalized spacial score (nSPS) is 11.6. The summed E-state index contributed by atoms with van der Waals surface area (Å²) in [4.78, 5) is 23.8. The molecule has 4 nitrogen and oxygen atoms in total. The molecule has 2 aromatic carbocycles. The minimum Gasteiger partial charge on any atom is -0.349 e. The number of carbonyl (C=O) groups excluding carboxylic acids is 2. The van der Waals surface area contributed by atoms with Crippen molar-refractivity contribution in [2.24, 2.45) is 0 Å². The predicted octanol–water partition coefficient (Wildman–Crippen LogP) is 4.20. The summed E-state index contributed by atoms with van der Waals surface area (Å²) in [6, 6.07) is 14.1. The summed E-state index contributed by atoms with van der Waals surface area (Å²) in [5.41, 5.74) is 1.43. The first kappa shape index (κ1) is 17.3. The Kier molecular flexibility index (Phi) is 6.02. The van der Waals surface area contributed by atoms with Crippen molar-refractivity contribution in [3.63, 3.8) is 0 Å². The molecule has 120 valence electrons. The lowest BCUT2D eigenvalue weighted by molar-refractivity contribution is -0.127. The summed E-state index contributed by atoms with van der Waals surface area (Å²) in [6.07, 6.45) is -0.276. The number of amides is 2. The van der Waals surface area contributed by atoms with Gasteiger partial charge in [-0.3, -0.25) is 9.59 Å². The largest absolute Gasteiger partial charge is 0.349 e. The molecule has 23 heavy (non-hydrogen) atoms. The second-order valence-corrected chi connectivity index (χ2v) is 5.96. The zero-order valence-corrected chi connectivity index (χ0v) is 14.0. The summed E-state index contributed by atoms with van der Waals surface area (Å²) in [5, 5.41) is 6.21. The fraction of sp³-hybridized carbons (Fsp3) is 0.176. The number of carbonyl (C=O) groups is 2. The van der Waals surface area contributed by atoms with Crippen LogP contribution in [0.5, 0.6) is 0 Å². The maximum absolute atomic E-state index is 11.9. The number of rotatable bonds is 5. The highest BCUT2D eigenvalue weighted by molar-refractivity contribution is 6.35. The smallest absolute Gasteiger partial charge is 0.233 e. The molecule has 0 radical (unpaired) electrons. The van der Waals surface area contributed by atoms with Gasteiger partial charge in [0, 0.05) is 15.7 Å². The van der Waals surface area contributed by atoms with E-state index in [1.807, 2.05) is 37.3 Å². The zero-order valence-electron chi connectivity index (χ0n) is 12.5. The number of halogens is 2.